The molecule has 25 heavy (non-hydrogen) atoms. The van der Waals surface area contributed by atoms with Crippen molar-refractivity contribution in [3.63, 3.8) is 0 Å². The topological polar surface area (TPSA) is 87.9 Å². The van der Waals surface area contributed by atoms with Crippen molar-refractivity contribution < 1.29 is 5.11 Å². The molecule has 0 unspecified atom stereocenters. The van der Waals surface area contributed by atoms with Crippen LogP contribution in [0.5, 0.6) is 5.75 Å². The number of nitrogens with zero attached hydrogens (tertiary/aromatic N) is 4. The fraction of sp³-hybridized carbons (Fsp3) is 0.278. The maximum atomic E-state index is 10.3. The summed E-state index contributed by atoms with van der Waals surface area (Å²) < 4.78 is 1.83. The van der Waals surface area contributed by atoms with Crippen LogP contribution in [-0.4, -0.2) is 43.8 Å². The van der Waals surface area contributed by atoms with E-state index >= 15 is 0 Å². The van der Waals surface area contributed by atoms with Crippen LogP contribution >= 0.6 is 0 Å². The normalized spacial score (nSPS) is 15.2. The number of benzene rings is 1. The first kappa shape index (κ1) is 15.6. The van der Waals surface area contributed by atoms with Crippen LogP contribution in [0.2, 0.25) is 0 Å². The van der Waals surface area contributed by atoms with Crippen molar-refractivity contribution in [1.82, 2.24) is 24.8 Å². The van der Waals surface area contributed by atoms with Gasteiger partial charge < -0.3 is 20.3 Å². The monoisotopic (exact) mass is 336 g/mol. The number of nitrogens with one attached hydrogen (secondary N) is 2. The van der Waals surface area contributed by atoms with Crippen LogP contribution in [0.25, 0.3) is 16.9 Å². The van der Waals surface area contributed by atoms with Gasteiger partial charge in [-0.25, -0.2) is 9.97 Å². The fourth-order valence-electron chi connectivity index (χ4n) is 3.03. The van der Waals surface area contributed by atoms with Crippen LogP contribution in [0.1, 0.15) is 12.8 Å². The summed E-state index contributed by atoms with van der Waals surface area (Å²) in [6.07, 6.45) is 10.8. The predicted octanol–water partition coefficient (Wildman–Crippen LogP) is 2.20. The SMILES string of the molecule is Oc1cc(-n2ccnc2)ccc1-c1cnc(NC2CCNCC2)cn1. The van der Waals surface area contributed by atoms with Gasteiger partial charge in [0, 0.05) is 30.1 Å². The first-order chi connectivity index (χ1) is 12.3. The number of piperidine rings is 1. The third-order valence-electron chi connectivity index (χ3n) is 4.40. The van der Waals surface area contributed by atoms with Gasteiger partial charge in [0.2, 0.25) is 0 Å². The minimum atomic E-state index is 0.166. The van der Waals surface area contributed by atoms with Crippen LogP contribution in [-0.2, 0) is 0 Å². The standard InChI is InChI=1S/C18H20N6O/c25-17-9-14(24-8-7-20-12-24)1-2-15(17)16-10-22-18(11-21-16)23-13-3-5-19-6-4-13/h1-2,7-13,19,25H,3-6H2,(H,22,23). The summed E-state index contributed by atoms with van der Waals surface area (Å²) >= 11 is 0. The number of hydrogen-bond donors (Lipinski definition) is 3. The lowest BCUT2D eigenvalue weighted by Crippen LogP contribution is -2.35. The first-order valence-electron chi connectivity index (χ1n) is 8.40. The molecular weight excluding hydrogens is 316 g/mol. The van der Waals surface area contributed by atoms with Crippen molar-refractivity contribution in [2.24, 2.45) is 0 Å². The third kappa shape index (κ3) is 3.46. The molecule has 0 saturated carbocycles. The Balaban J connectivity index is 1.51. The predicted molar refractivity (Wildman–Crippen MR) is 95.8 cm³/mol. The Morgan fingerprint density at radius 3 is 2.72 bits per heavy atom. The van der Waals surface area contributed by atoms with Crippen molar-refractivity contribution in [3.05, 3.63) is 49.3 Å². The van der Waals surface area contributed by atoms with E-state index in [1.54, 1.807) is 31.0 Å². The molecule has 7 nitrogen and oxygen atoms in total. The number of aromatic nitrogens is 4. The Bertz CT molecular complexity index is 825. The van der Waals surface area contributed by atoms with Gasteiger partial charge in [0.25, 0.3) is 0 Å². The molecule has 1 aliphatic rings. The number of hydrogen-bond acceptors (Lipinski definition) is 6. The van der Waals surface area contributed by atoms with Gasteiger partial charge in [-0.3, -0.25) is 4.98 Å². The van der Waals surface area contributed by atoms with Crippen molar-refractivity contribution >= 4 is 5.82 Å². The quantitative estimate of drug-likeness (QED) is 0.677. The molecule has 1 aromatic carbocycles. The average molecular weight is 336 g/mol. The molecule has 1 saturated heterocycles. The zero-order valence-electron chi connectivity index (χ0n) is 13.8. The van der Waals surface area contributed by atoms with E-state index in [9.17, 15) is 5.11 Å². The number of phenolic OH excluding ortho intramolecular Hbond substituents is 1. The number of imidazole rings is 1. The van der Waals surface area contributed by atoms with Crippen LogP contribution < -0.4 is 10.6 Å². The molecule has 1 fully saturated rings. The molecule has 1 aliphatic heterocycles. The highest BCUT2D eigenvalue weighted by atomic mass is 16.3. The Hall–Kier alpha value is -2.93. The van der Waals surface area contributed by atoms with Crippen LogP contribution in [0.4, 0.5) is 5.82 Å². The molecule has 128 valence electrons. The van der Waals surface area contributed by atoms with Crippen molar-refractivity contribution in [1.29, 1.82) is 0 Å². The Labute approximate surface area is 145 Å². The number of aromatic hydroxyl groups is 1. The summed E-state index contributed by atoms with van der Waals surface area (Å²) in [5.41, 5.74) is 2.14. The second kappa shape index (κ2) is 6.90. The van der Waals surface area contributed by atoms with Crippen molar-refractivity contribution in [2.75, 3.05) is 18.4 Å². The summed E-state index contributed by atoms with van der Waals surface area (Å²) in [5, 5.41) is 17.1. The molecule has 0 bridgehead atoms. The minimum Gasteiger partial charge on any atom is -0.507 e. The Morgan fingerprint density at radius 1 is 1.16 bits per heavy atom. The number of phenols is 1. The van der Waals surface area contributed by atoms with E-state index < -0.39 is 0 Å². The van der Waals surface area contributed by atoms with Gasteiger partial charge in [-0.2, -0.15) is 0 Å². The van der Waals surface area contributed by atoms with Crippen LogP contribution in [0.3, 0.4) is 0 Å². The number of rotatable bonds is 4. The molecule has 3 aromatic rings. The van der Waals surface area contributed by atoms with Crippen LogP contribution in [0, 0.1) is 0 Å². The summed E-state index contributed by atoms with van der Waals surface area (Å²) in [4.78, 5) is 12.9. The minimum absolute atomic E-state index is 0.166. The van der Waals surface area contributed by atoms with Crippen molar-refractivity contribution in [2.45, 2.75) is 18.9 Å². The molecule has 0 aliphatic carbocycles. The van der Waals surface area contributed by atoms with Gasteiger partial charge in [0.05, 0.1) is 30.1 Å². The number of anilines is 1. The van der Waals surface area contributed by atoms with Gasteiger partial charge in [-0.1, -0.05) is 0 Å². The highest BCUT2D eigenvalue weighted by molar-refractivity contribution is 5.68. The molecule has 3 N–H and O–H groups in total. The van der Waals surface area contributed by atoms with Crippen molar-refractivity contribution in [3.8, 4) is 22.7 Å². The van der Waals surface area contributed by atoms with Gasteiger partial charge in [0.1, 0.15) is 11.6 Å². The summed E-state index contributed by atoms with van der Waals surface area (Å²) in [5.74, 6) is 0.935. The zero-order chi connectivity index (χ0) is 17.1. The first-order valence-corrected chi connectivity index (χ1v) is 8.40. The summed E-state index contributed by atoms with van der Waals surface area (Å²) in [6.45, 7) is 2.06. The van der Waals surface area contributed by atoms with Gasteiger partial charge in [0.15, 0.2) is 0 Å². The molecule has 4 rings (SSSR count). The van der Waals surface area contributed by atoms with Gasteiger partial charge in [-0.05, 0) is 38.1 Å². The van der Waals surface area contributed by atoms with Crippen LogP contribution in [0.15, 0.2) is 49.3 Å². The second-order valence-corrected chi connectivity index (χ2v) is 6.13. The Kier molecular flexibility index (Phi) is 4.30. The van der Waals surface area contributed by atoms with E-state index in [-0.39, 0.29) is 5.75 Å². The lowest BCUT2D eigenvalue weighted by atomic mass is 10.1. The van der Waals surface area contributed by atoms with E-state index in [2.05, 4.69) is 25.6 Å². The van der Waals surface area contributed by atoms with E-state index in [0.717, 1.165) is 37.4 Å². The third-order valence-corrected chi connectivity index (χ3v) is 4.40. The highest BCUT2D eigenvalue weighted by Crippen LogP contribution is 2.29. The molecule has 0 spiro atoms. The summed E-state index contributed by atoms with van der Waals surface area (Å²) in [6, 6.07) is 5.89. The average Bonchev–Trinajstić information content (AvgIpc) is 3.18. The molecule has 0 atom stereocenters. The Morgan fingerprint density at radius 2 is 2.04 bits per heavy atom. The van der Waals surface area contributed by atoms with E-state index in [0.29, 0.717) is 17.3 Å². The molecular formula is C18H20N6O. The van der Waals surface area contributed by atoms with Gasteiger partial charge >= 0.3 is 0 Å². The van der Waals surface area contributed by atoms with E-state index in [4.69, 9.17) is 0 Å². The zero-order valence-corrected chi connectivity index (χ0v) is 13.8. The summed E-state index contributed by atoms with van der Waals surface area (Å²) in [7, 11) is 0. The molecule has 2 aromatic heterocycles. The van der Waals surface area contributed by atoms with E-state index in [1.165, 1.54) is 0 Å². The highest BCUT2D eigenvalue weighted by Gasteiger charge is 2.14. The second-order valence-electron chi connectivity index (χ2n) is 6.13. The fourth-order valence-corrected chi connectivity index (χ4v) is 3.03. The molecule has 3 heterocycles. The lowest BCUT2D eigenvalue weighted by molar-refractivity contribution is 0.476. The molecule has 7 heteroatoms. The van der Waals surface area contributed by atoms with E-state index in [1.807, 2.05) is 22.9 Å². The molecule has 0 radical (unpaired) electrons. The maximum Gasteiger partial charge on any atom is 0.144 e. The maximum absolute atomic E-state index is 10.3. The largest absolute Gasteiger partial charge is 0.507 e. The molecule has 0 amide bonds. The van der Waals surface area contributed by atoms with Gasteiger partial charge in [-0.15, -0.1) is 0 Å². The lowest BCUT2D eigenvalue weighted by Gasteiger charge is -2.23. The smallest absolute Gasteiger partial charge is 0.144 e.